The number of aromatic nitrogens is 1. The molecule has 1 amide bonds. The summed E-state index contributed by atoms with van der Waals surface area (Å²) in [4.78, 5) is 18.5. The van der Waals surface area contributed by atoms with Gasteiger partial charge in [0.25, 0.3) is 5.91 Å². The van der Waals surface area contributed by atoms with Crippen LogP contribution < -0.4 is 4.80 Å². The van der Waals surface area contributed by atoms with E-state index in [1.165, 1.54) is 16.9 Å². The molecule has 0 bridgehead atoms. The summed E-state index contributed by atoms with van der Waals surface area (Å²) in [6, 6.07) is 13.6. The Balaban J connectivity index is 2.09. The Morgan fingerprint density at radius 2 is 2.04 bits per heavy atom. The number of hydrogen-bond donors (Lipinski definition) is 0. The average molecular weight is 352 g/mol. The summed E-state index contributed by atoms with van der Waals surface area (Å²) >= 11 is 3.12. The van der Waals surface area contributed by atoms with Crippen molar-refractivity contribution in [2.75, 3.05) is 6.26 Å². The summed E-state index contributed by atoms with van der Waals surface area (Å²) in [6.07, 6.45) is 7.49. The van der Waals surface area contributed by atoms with Crippen LogP contribution in [-0.2, 0) is 6.54 Å². The largest absolute Gasteiger partial charge is 0.305 e. The number of thiazole rings is 1. The van der Waals surface area contributed by atoms with Crippen LogP contribution in [-0.4, -0.2) is 16.7 Å². The minimum absolute atomic E-state index is 0.253. The molecule has 3 aromatic rings. The Morgan fingerprint density at radius 1 is 1.29 bits per heavy atom. The summed E-state index contributed by atoms with van der Waals surface area (Å²) in [5.41, 5.74) is 2.75. The molecule has 0 N–H and O–H groups in total. The molecular weight excluding hydrogens is 336 g/mol. The Morgan fingerprint density at radius 3 is 2.71 bits per heavy atom. The molecule has 0 fully saturated rings. The van der Waals surface area contributed by atoms with E-state index in [9.17, 15) is 4.79 Å². The number of fused-ring (bicyclic) bond motifs is 1. The quantitative estimate of drug-likeness (QED) is 0.525. The van der Waals surface area contributed by atoms with Gasteiger partial charge in [0.05, 0.1) is 16.8 Å². The fourth-order valence-electron chi connectivity index (χ4n) is 2.39. The highest BCUT2D eigenvalue weighted by Crippen LogP contribution is 2.19. The molecule has 3 nitrogen and oxygen atoms in total. The van der Waals surface area contributed by atoms with E-state index in [2.05, 4.69) is 17.0 Å². The SMILES string of the molecule is C#CCn1c(=NC(=O)c2ccc(SC)cc2)sc2cc(C)ccc21. The third-order valence-corrected chi connectivity index (χ3v) is 5.41. The van der Waals surface area contributed by atoms with Gasteiger partial charge in [-0.2, -0.15) is 4.99 Å². The zero-order valence-corrected chi connectivity index (χ0v) is 15.1. The molecular formula is C19H16N2OS2. The van der Waals surface area contributed by atoms with E-state index in [1.807, 2.05) is 42.0 Å². The average Bonchev–Trinajstić information content (AvgIpc) is 2.91. The van der Waals surface area contributed by atoms with Gasteiger partial charge < -0.3 is 4.57 Å². The van der Waals surface area contributed by atoms with Crippen LogP contribution in [0.4, 0.5) is 0 Å². The maximum Gasteiger partial charge on any atom is 0.279 e. The summed E-state index contributed by atoms with van der Waals surface area (Å²) in [7, 11) is 0. The molecule has 0 saturated heterocycles. The van der Waals surface area contributed by atoms with E-state index in [-0.39, 0.29) is 5.91 Å². The second kappa shape index (κ2) is 7.08. The van der Waals surface area contributed by atoms with Crippen molar-refractivity contribution >= 4 is 39.2 Å². The maximum atomic E-state index is 12.5. The molecule has 0 atom stereocenters. The Labute approximate surface area is 149 Å². The van der Waals surface area contributed by atoms with Crippen molar-refractivity contribution in [3.05, 3.63) is 58.4 Å². The minimum atomic E-state index is -0.253. The predicted molar refractivity (Wildman–Crippen MR) is 102 cm³/mol. The smallest absolute Gasteiger partial charge is 0.279 e. The van der Waals surface area contributed by atoms with Gasteiger partial charge in [0.2, 0.25) is 0 Å². The standard InChI is InChI=1S/C19H16N2OS2/c1-4-11-21-16-10-5-13(2)12-17(16)24-19(21)20-18(22)14-6-8-15(23-3)9-7-14/h1,5-10,12H,11H2,2-3H3. The van der Waals surface area contributed by atoms with Crippen LogP contribution >= 0.6 is 23.1 Å². The molecule has 0 unspecified atom stereocenters. The second-order valence-corrected chi connectivity index (χ2v) is 7.18. The van der Waals surface area contributed by atoms with Crippen LogP contribution in [0.5, 0.6) is 0 Å². The van der Waals surface area contributed by atoms with Crippen LogP contribution in [0.2, 0.25) is 0 Å². The lowest BCUT2D eigenvalue weighted by Gasteiger charge is -2.00. The molecule has 0 saturated carbocycles. The minimum Gasteiger partial charge on any atom is -0.305 e. The number of terminal acetylenes is 1. The molecule has 120 valence electrons. The molecule has 24 heavy (non-hydrogen) atoms. The van der Waals surface area contributed by atoms with Crippen LogP contribution in [0.3, 0.4) is 0 Å². The number of hydrogen-bond acceptors (Lipinski definition) is 3. The van der Waals surface area contributed by atoms with E-state index in [0.29, 0.717) is 16.9 Å². The van der Waals surface area contributed by atoms with Crippen LogP contribution in [0.15, 0.2) is 52.4 Å². The second-order valence-electron chi connectivity index (χ2n) is 5.29. The number of aryl methyl sites for hydroxylation is 1. The van der Waals surface area contributed by atoms with Gasteiger partial charge in [-0.3, -0.25) is 4.79 Å². The van der Waals surface area contributed by atoms with Gasteiger partial charge in [-0.25, -0.2) is 0 Å². The number of rotatable bonds is 3. The summed E-state index contributed by atoms with van der Waals surface area (Å²) in [6.45, 7) is 2.43. The van der Waals surface area contributed by atoms with Crippen molar-refractivity contribution in [1.82, 2.24) is 4.57 Å². The Hall–Kier alpha value is -2.29. The number of nitrogens with zero attached hydrogens (tertiary/aromatic N) is 2. The van der Waals surface area contributed by atoms with Gasteiger partial charge in [-0.15, -0.1) is 18.2 Å². The van der Waals surface area contributed by atoms with Crippen molar-refractivity contribution < 1.29 is 4.79 Å². The number of carbonyl (C=O) groups excluding carboxylic acids is 1. The van der Waals surface area contributed by atoms with Gasteiger partial charge >= 0.3 is 0 Å². The van der Waals surface area contributed by atoms with E-state index >= 15 is 0 Å². The Kier molecular flexibility index (Phi) is 4.89. The summed E-state index contributed by atoms with van der Waals surface area (Å²) < 4.78 is 2.99. The fourth-order valence-corrected chi connectivity index (χ4v) is 3.93. The molecule has 5 heteroatoms. The van der Waals surface area contributed by atoms with Crippen LogP contribution in [0.1, 0.15) is 15.9 Å². The summed E-state index contributed by atoms with van der Waals surface area (Å²) in [5, 5.41) is 0. The first-order valence-corrected chi connectivity index (χ1v) is 9.43. The lowest BCUT2D eigenvalue weighted by molar-refractivity contribution is 0.0998. The maximum absolute atomic E-state index is 12.5. The lowest BCUT2D eigenvalue weighted by atomic mass is 10.2. The number of thioether (sulfide) groups is 1. The van der Waals surface area contributed by atoms with E-state index in [0.717, 1.165) is 15.1 Å². The molecule has 0 spiro atoms. The molecule has 1 heterocycles. The number of amides is 1. The normalized spacial score (nSPS) is 11.6. The van der Waals surface area contributed by atoms with E-state index in [4.69, 9.17) is 6.42 Å². The highest BCUT2D eigenvalue weighted by Gasteiger charge is 2.09. The van der Waals surface area contributed by atoms with E-state index < -0.39 is 0 Å². The fraction of sp³-hybridized carbons (Fsp3) is 0.158. The molecule has 0 aliphatic carbocycles. The first kappa shape index (κ1) is 16.6. The molecule has 2 aromatic carbocycles. The van der Waals surface area contributed by atoms with Crippen LogP contribution in [0, 0.1) is 19.3 Å². The zero-order valence-electron chi connectivity index (χ0n) is 13.4. The van der Waals surface area contributed by atoms with Crippen molar-refractivity contribution in [3.63, 3.8) is 0 Å². The van der Waals surface area contributed by atoms with Gasteiger partial charge in [-0.1, -0.05) is 23.3 Å². The third-order valence-electron chi connectivity index (χ3n) is 3.62. The highest BCUT2D eigenvalue weighted by molar-refractivity contribution is 7.98. The Bertz CT molecular complexity index is 1000. The molecule has 0 radical (unpaired) electrons. The first-order valence-electron chi connectivity index (χ1n) is 7.39. The lowest BCUT2D eigenvalue weighted by Crippen LogP contribution is -2.16. The van der Waals surface area contributed by atoms with Crippen molar-refractivity contribution in [2.45, 2.75) is 18.4 Å². The highest BCUT2D eigenvalue weighted by atomic mass is 32.2. The molecule has 0 aliphatic rings. The topological polar surface area (TPSA) is 34.4 Å². The predicted octanol–water partition coefficient (Wildman–Crippen LogP) is 4.11. The van der Waals surface area contributed by atoms with Gasteiger partial charge in [0, 0.05) is 10.5 Å². The van der Waals surface area contributed by atoms with Gasteiger partial charge in [0.1, 0.15) is 0 Å². The zero-order chi connectivity index (χ0) is 17.1. The number of benzene rings is 2. The molecule has 0 aliphatic heterocycles. The summed E-state index contributed by atoms with van der Waals surface area (Å²) in [5.74, 6) is 2.39. The first-order chi connectivity index (χ1) is 11.6. The third kappa shape index (κ3) is 3.30. The molecule has 1 aromatic heterocycles. The van der Waals surface area contributed by atoms with Crippen LogP contribution in [0.25, 0.3) is 10.2 Å². The van der Waals surface area contributed by atoms with Crippen molar-refractivity contribution in [2.24, 2.45) is 4.99 Å². The van der Waals surface area contributed by atoms with Gasteiger partial charge in [-0.05, 0) is 55.1 Å². The van der Waals surface area contributed by atoms with E-state index in [1.54, 1.807) is 23.9 Å². The van der Waals surface area contributed by atoms with Crippen molar-refractivity contribution in [3.8, 4) is 12.3 Å². The molecule has 3 rings (SSSR count). The number of carbonyl (C=O) groups is 1. The monoisotopic (exact) mass is 352 g/mol. The van der Waals surface area contributed by atoms with Gasteiger partial charge in [0.15, 0.2) is 4.80 Å². The van der Waals surface area contributed by atoms with Crippen molar-refractivity contribution in [1.29, 1.82) is 0 Å².